The molecule has 0 fully saturated rings. The predicted molar refractivity (Wildman–Crippen MR) is 89.4 cm³/mol. The molecule has 2 N–H and O–H groups in total. The number of nitro groups is 1. The normalized spacial score (nSPS) is 11.1. The zero-order valence-corrected chi connectivity index (χ0v) is 13.5. The SMILES string of the molecule is C[C@H](OC(=O)c1ccccc1O)C(=O)Nc1ccc([N+](=O)[O-])cc1C#N. The first kappa shape index (κ1) is 18.4. The molecule has 9 heteroatoms. The molecule has 2 rings (SSSR count). The first-order valence-corrected chi connectivity index (χ1v) is 7.32. The molecule has 0 aliphatic heterocycles. The number of carbonyl (C=O) groups is 2. The molecule has 0 bridgehead atoms. The Labute approximate surface area is 147 Å². The molecule has 0 saturated carbocycles. The molecule has 0 aliphatic carbocycles. The van der Waals surface area contributed by atoms with E-state index in [9.17, 15) is 24.8 Å². The highest BCUT2D eigenvalue weighted by atomic mass is 16.6. The number of nitriles is 1. The Morgan fingerprint density at radius 1 is 1.31 bits per heavy atom. The van der Waals surface area contributed by atoms with Crippen LogP contribution in [-0.4, -0.2) is 28.0 Å². The highest BCUT2D eigenvalue weighted by Gasteiger charge is 2.22. The number of rotatable bonds is 5. The zero-order chi connectivity index (χ0) is 19.3. The van der Waals surface area contributed by atoms with E-state index in [2.05, 4.69) is 5.32 Å². The number of esters is 1. The third-order valence-corrected chi connectivity index (χ3v) is 3.37. The quantitative estimate of drug-likeness (QED) is 0.476. The van der Waals surface area contributed by atoms with Gasteiger partial charge >= 0.3 is 5.97 Å². The standard InChI is InChI=1S/C17H13N3O6/c1-10(26-17(23)13-4-2-3-5-15(13)21)16(22)19-14-7-6-12(20(24)25)8-11(14)9-18/h2-8,10,21H,1H3,(H,19,22)/t10-/m0/s1. The number of anilines is 1. The van der Waals surface area contributed by atoms with Crippen molar-refractivity contribution in [3.05, 3.63) is 63.7 Å². The lowest BCUT2D eigenvalue weighted by Gasteiger charge is -2.14. The monoisotopic (exact) mass is 355 g/mol. The lowest BCUT2D eigenvalue weighted by Crippen LogP contribution is -2.30. The number of benzene rings is 2. The molecule has 1 atom stereocenters. The highest BCUT2D eigenvalue weighted by Crippen LogP contribution is 2.22. The lowest BCUT2D eigenvalue weighted by molar-refractivity contribution is -0.384. The van der Waals surface area contributed by atoms with E-state index in [0.717, 1.165) is 12.1 Å². The van der Waals surface area contributed by atoms with Crippen LogP contribution < -0.4 is 5.32 Å². The average Bonchev–Trinajstić information content (AvgIpc) is 2.61. The van der Waals surface area contributed by atoms with E-state index in [0.29, 0.717) is 0 Å². The average molecular weight is 355 g/mol. The Hall–Kier alpha value is -3.93. The summed E-state index contributed by atoms with van der Waals surface area (Å²) in [4.78, 5) is 34.2. The summed E-state index contributed by atoms with van der Waals surface area (Å²) >= 11 is 0. The second-order valence-electron chi connectivity index (χ2n) is 5.15. The number of aromatic hydroxyl groups is 1. The topological polar surface area (TPSA) is 143 Å². The van der Waals surface area contributed by atoms with Gasteiger partial charge in [0.1, 0.15) is 17.4 Å². The second-order valence-corrected chi connectivity index (χ2v) is 5.15. The molecule has 2 aromatic rings. The number of hydrogen-bond acceptors (Lipinski definition) is 7. The van der Waals surface area contributed by atoms with Crippen molar-refractivity contribution in [1.82, 2.24) is 0 Å². The van der Waals surface area contributed by atoms with Gasteiger partial charge in [0.05, 0.1) is 16.2 Å². The van der Waals surface area contributed by atoms with Crippen molar-refractivity contribution < 1.29 is 24.4 Å². The molecule has 9 nitrogen and oxygen atoms in total. The number of nitrogens with one attached hydrogen (secondary N) is 1. The summed E-state index contributed by atoms with van der Waals surface area (Å²) in [5.74, 6) is -1.92. The summed E-state index contributed by atoms with van der Waals surface area (Å²) in [7, 11) is 0. The number of hydrogen-bond donors (Lipinski definition) is 2. The molecular weight excluding hydrogens is 342 g/mol. The Kier molecular flexibility index (Phi) is 5.49. The van der Waals surface area contributed by atoms with Crippen molar-refractivity contribution in [2.75, 3.05) is 5.32 Å². The molecule has 0 aliphatic rings. The smallest absolute Gasteiger partial charge is 0.342 e. The van der Waals surface area contributed by atoms with Crippen LogP contribution in [0, 0.1) is 21.4 Å². The molecule has 0 radical (unpaired) electrons. The van der Waals surface area contributed by atoms with Gasteiger partial charge in [0.15, 0.2) is 6.10 Å². The maximum Gasteiger partial charge on any atom is 0.342 e. The molecule has 26 heavy (non-hydrogen) atoms. The molecule has 0 aromatic heterocycles. The van der Waals surface area contributed by atoms with Crippen molar-refractivity contribution in [3.8, 4) is 11.8 Å². The summed E-state index contributed by atoms with van der Waals surface area (Å²) in [6.45, 7) is 1.31. The van der Waals surface area contributed by atoms with Gasteiger partial charge in [-0.05, 0) is 25.1 Å². The van der Waals surface area contributed by atoms with Crippen LogP contribution in [0.3, 0.4) is 0 Å². The largest absolute Gasteiger partial charge is 0.507 e. The van der Waals surface area contributed by atoms with E-state index in [-0.39, 0.29) is 28.3 Å². The van der Waals surface area contributed by atoms with Crippen molar-refractivity contribution in [2.45, 2.75) is 13.0 Å². The van der Waals surface area contributed by atoms with Gasteiger partial charge in [0.2, 0.25) is 0 Å². The van der Waals surface area contributed by atoms with Gasteiger partial charge in [-0.15, -0.1) is 0 Å². The van der Waals surface area contributed by atoms with E-state index < -0.39 is 22.9 Å². The molecule has 0 spiro atoms. The van der Waals surface area contributed by atoms with Crippen molar-refractivity contribution in [2.24, 2.45) is 0 Å². The summed E-state index contributed by atoms with van der Waals surface area (Å²) in [5, 5.41) is 31.8. The molecule has 0 unspecified atom stereocenters. The van der Waals surface area contributed by atoms with Gasteiger partial charge in [-0.1, -0.05) is 12.1 Å². The van der Waals surface area contributed by atoms with E-state index in [4.69, 9.17) is 10.00 Å². The molecular formula is C17H13N3O6. The van der Waals surface area contributed by atoms with Crippen LogP contribution >= 0.6 is 0 Å². The van der Waals surface area contributed by atoms with E-state index in [1.165, 1.54) is 37.3 Å². The van der Waals surface area contributed by atoms with Crippen LogP contribution in [0.15, 0.2) is 42.5 Å². The Morgan fingerprint density at radius 3 is 2.62 bits per heavy atom. The third kappa shape index (κ3) is 4.12. The minimum Gasteiger partial charge on any atom is -0.507 e. The first-order chi connectivity index (χ1) is 12.3. The number of nitrogens with zero attached hydrogens (tertiary/aromatic N) is 2. The number of phenols is 1. The fraction of sp³-hybridized carbons (Fsp3) is 0.118. The van der Waals surface area contributed by atoms with E-state index in [1.807, 2.05) is 0 Å². The van der Waals surface area contributed by atoms with Crippen LogP contribution in [0.25, 0.3) is 0 Å². The van der Waals surface area contributed by atoms with Gasteiger partial charge in [-0.25, -0.2) is 4.79 Å². The van der Waals surface area contributed by atoms with Crippen LogP contribution in [0.5, 0.6) is 5.75 Å². The summed E-state index contributed by atoms with van der Waals surface area (Å²) in [6.07, 6.45) is -1.23. The lowest BCUT2D eigenvalue weighted by atomic mass is 10.1. The zero-order valence-electron chi connectivity index (χ0n) is 13.5. The Bertz CT molecular complexity index is 919. The highest BCUT2D eigenvalue weighted by molar-refractivity contribution is 5.99. The summed E-state index contributed by atoms with van der Waals surface area (Å²) < 4.78 is 4.98. The van der Waals surface area contributed by atoms with Gasteiger partial charge < -0.3 is 15.2 Å². The molecule has 2 aromatic carbocycles. The van der Waals surface area contributed by atoms with Crippen LogP contribution in [0.2, 0.25) is 0 Å². The number of ether oxygens (including phenoxy) is 1. The number of carbonyl (C=O) groups excluding carboxylic acids is 2. The summed E-state index contributed by atoms with van der Waals surface area (Å²) in [6, 6.07) is 10.8. The van der Waals surface area contributed by atoms with Gasteiger partial charge in [-0.3, -0.25) is 14.9 Å². The van der Waals surface area contributed by atoms with E-state index >= 15 is 0 Å². The number of non-ortho nitro benzene ring substituents is 1. The van der Waals surface area contributed by atoms with Crippen molar-refractivity contribution in [3.63, 3.8) is 0 Å². The van der Waals surface area contributed by atoms with Crippen molar-refractivity contribution in [1.29, 1.82) is 5.26 Å². The van der Waals surface area contributed by atoms with Gasteiger partial charge in [0, 0.05) is 12.1 Å². The van der Waals surface area contributed by atoms with Crippen LogP contribution in [0.4, 0.5) is 11.4 Å². The summed E-state index contributed by atoms with van der Waals surface area (Å²) in [5.41, 5.74) is -0.445. The fourth-order valence-electron chi connectivity index (χ4n) is 2.01. The Balaban J connectivity index is 2.10. The molecule has 0 saturated heterocycles. The molecule has 0 heterocycles. The number of amides is 1. The Morgan fingerprint density at radius 2 is 2.00 bits per heavy atom. The fourth-order valence-corrected chi connectivity index (χ4v) is 2.01. The second kappa shape index (κ2) is 7.76. The van der Waals surface area contributed by atoms with E-state index in [1.54, 1.807) is 6.07 Å². The maximum absolute atomic E-state index is 12.2. The van der Waals surface area contributed by atoms with Crippen LogP contribution in [-0.2, 0) is 9.53 Å². The number of nitro benzene ring substituents is 1. The van der Waals surface area contributed by atoms with Crippen molar-refractivity contribution >= 4 is 23.3 Å². The number of phenolic OH excluding ortho intramolecular Hbond substituents is 1. The first-order valence-electron chi connectivity index (χ1n) is 7.32. The maximum atomic E-state index is 12.2. The van der Waals surface area contributed by atoms with Gasteiger partial charge in [-0.2, -0.15) is 5.26 Å². The van der Waals surface area contributed by atoms with Crippen LogP contribution in [0.1, 0.15) is 22.8 Å². The predicted octanol–water partition coefficient (Wildman–Crippen LogP) is 2.36. The minimum atomic E-state index is -1.23. The molecule has 1 amide bonds. The third-order valence-electron chi connectivity index (χ3n) is 3.37. The number of para-hydroxylation sites is 1. The molecule has 132 valence electrons. The van der Waals surface area contributed by atoms with Gasteiger partial charge in [0.25, 0.3) is 11.6 Å². The minimum absolute atomic E-state index is 0.0496.